The molecule has 1 N–H and O–H groups in total. The van der Waals surface area contributed by atoms with Crippen molar-refractivity contribution in [3.8, 4) is 5.75 Å². The molecule has 0 bridgehead atoms. The molecule has 0 aliphatic rings. The van der Waals surface area contributed by atoms with E-state index >= 15 is 0 Å². The van der Waals surface area contributed by atoms with Crippen molar-refractivity contribution in [3.63, 3.8) is 0 Å². The molecule has 0 aliphatic heterocycles. The van der Waals surface area contributed by atoms with Crippen LogP contribution in [0, 0.1) is 5.92 Å². The van der Waals surface area contributed by atoms with Gasteiger partial charge in [-0.25, -0.2) is 0 Å². The van der Waals surface area contributed by atoms with Crippen LogP contribution in [0.15, 0.2) is 28.7 Å². The second-order valence-electron chi connectivity index (χ2n) is 5.79. The Bertz CT molecular complexity index is 614. The quantitative estimate of drug-likeness (QED) is 0.624. The van der Waals surface area contributed by atoms with Crippen molar-refractivity contribution in [3.05, 3.63) is 30.0 Å². The Morgan fingerprint density at radius 2 is 2.00 bits per heavy atom. The van der Waals surface area contributed by atoms with E-state index < -0.39 is 0 Å². The maximum absolute atomic E-state index is 11.9. The van der Waals surface area contributed by atoms with Crippen LogP contribution in [-0.4, -0.2) is 25.0 Å². The van der Waals surface area contributed by atoms with Crippen molar-refractivity contribution in [2.24, 2.45) is 5.92 Å². The minimum absolute atomic E-state index is 0.0230. The summed E-state index contributed by atoms with van der Waals surface area (Å²) in [6.45, 7) is 9.35. The van der Waals surface area contributed by atoms with Gasteiger partial charge in [0.05, 0.1) is 0 Å². The summed E-state index contributed by atoms with van der Waals surface area (Å²) in [6.07, 6.45) is 0. The molecule has 0 fully saturated rings. The number of carbonyl (C=O) groups is 1. The van der Waals surface area contributed by atoms with E-state index in [1.165, 1.54) is 0 Å². The van der Waals surface area contributed by atoms with Gasteiger partial charge in [0, 0.05) is 23.9 Å². The van der Waals surface area contributed by atoms with Crippen LogP contribution in [0.1, 0.15) is 38.2 Å². The van der Waals surface area contributed by atoms with E-state index in [0.29, 0.717) is 24.0 Å². The van der Waals surface area contributed by atoms with E-state index in [2.05, 4.69) is 19.2 Å². The summed E-state index contributed by atoms with van der Waals surface area (Å²) in [4.78, 5) is 11.9. The highest BCUT2D eigenvalue weighted by molar-refractivity contribution is 5.98. The summed E-state index contributed by atoms with van der Waals surface area (Å²) in [6, 6.07) is 7.86. The minimum Gasteiger partial charge on any atom is -0.492 e. The maximum atomic E-state index is 11.9. The van der Waals surface area contributed by atoms with E-state index in [-0.39, 0.29) is 11.7 Å². The first kappa shape index (κ1) is 15.6. The van der Waals surface area contributed by atoms with E-state index in [4.69, 9.17) is 9.15 Å². The van der Waals surface area contributed by atoms with Gasteiger partial charge >= 0.3 is 0 Å². The normalized spacial score (nSPS) is 11.5. The molecule has 4 nitrogen and oxygen atoms in total. The fraction of sp³-hybridized carbons (Fsp3) is 0.471. The van der Waals surface area contributed by atoms with Gasteiger partial charge in [0.25, 0.3) is 0 Å². The molecule has 114 valence electrons. The number of rotatable bonds is 7. The Morgan fingerprint density at radius 3 is 2.67 bits per heavy atom. The molecular weight excluding hydrogens is 266 g/mol. The monoisotopic (exact) mass is 289 g/mol. The Labute approximate surface area is 125 Å². The fourth-order valence-corrected chi connectivity index (χ4v) is 2.03. The summed E-state index contributed by atoms with van der Waals surface area (Å²) in [7, 11) is 0. The van der Waals surface area contributed by atoms with Crippen LogP contribution in [0.25, 0.3) is 11.0 Å². The number of Topliss-reactive ketones (excluding diaryl/α,β-unsaturated/α-hetero) is 1. The smallest absolute Gasteiger partial charge is 0.200 e. The van der Waals surface area contributed by atoms with Gasteiger partial charge in [-0.1, -0.05) is 27.7 Å². The SMILES string of the molecule is CC(C)NCCOc1ccc2oc(C(=O)C(C)C)cc2c1. The molecule has 0 spiro atoms. The molecule has 1 aromatic heterocycles. The molecule has 0 saturated heterocycles. The number of ether oxygens (including phenoxy) is 1. The van der Waals surface area contributed by atoms with Crippen LogP contribution < -0.4 is 10.1 Å². The van der Waals surface area contributed by atoms with Crippen LogP contribution >= 0.6 is 0 Å². The summed E-state index contributed by atoms with van der Waals surface area (Å²) in [5, 5.41) is 4.19. The van der Waals surface area contributed by atoms with Crippen LogP contribution in [0.3, 0.4) is 0 Å². The zero-order chi connectivity index (χ0) is 15.4. The van der Waals surface area contributed by atoms with Gasteiger partial charge in [-0.2, -0.15) is 0 Å². The predicted molar refractivity (Wildman–Crippen MR) is 84.0 cm³/mol. The number of ketones is 1. The fourth-order valence-electron chi connectivity index (χ4n) is 2.03. The number of benzene rings is 1. The van der Waals surface area contributed by atoms with Gasteiger partial charge in [0.1, 0.15) is 17.9 Å². The third-order valence-electron chi connectivity index (χ3n) is 3.18. The molecule has 0 aliphatic carbocycles. The van der Waals surface area contributed by atoms with Gasteiger partial charge in [-0.05, 0) is 24.3 Å². The first-order valence-corrected chi connectivity index (χ1v) is 7.41. The van der Waals surface area contributed by atoms with Gasteiger partial charge in [0.15, 0.2) is 5.76 Å². The molecular formula is C17H23NO3. The second kappa shape index (κ2) is 6.76. The van der Waals surface area contributed by atoms with E-state index in [9.17, 15) is 4.79 Å². The van der Waals surface area contributed by atoms with E-state index in [0.717, 1.165) is 17.7 Å². The second-order valence-corrected chi connectivity index (χ2v) is 5.79. The van der Waals surface area contributed by atoms with Crippen LogP contribution in [0.2, 0.25) is 0 Å². The lowest BCUT2D eigenvalue weighted by Gasteiger charge is -2.09. The number of hydrogen-bond donors (Lipinski definition) is 1. The molecule has 1 aromatic carbocycles. The molecule has 2 aromatic rings. The molecule has 0 unspecified atom stereocenters. The number of nitrogens with one attached hydrogen (secondary N) is 1. The van der Waals surface area contributed by atoms with Gasteiger partial charge < -0.3 is 14.5 Å². The molecule has 4 heteroatoms. The number of hydrogen-bond acceptors (Lipinski definition) is 4. The van der Waals surface area contributed by atoms with Gasteiger partial charge in [-0.3, -0.25) is 4.79 Å². The van der Waals surface area contributed by atoms with Crippen molar-refractivity contribution in [2.45, 2.75) is 33.7 Å². The molecule has 0 radical (unpaired) electrons. The predicted octanol–water partition coefficient (Wildman–Crippen LogP) is 3.65. The largest absolute Gasteiger partial charge is 0.492 e. The molecule has 2 rings (SSSR count). The average molecular weight is 289 g/mol. The van der Waals surface area contributed by atoms with Crippen LogP contribution in [-0.2, 0) is 0 Å². The molecule has 1 heterocycles. The summed E-state index contributed by atoms with van der Waals surface area (Å²) >= 11 is 0. The number of furan rings is 1. The highest BCUT2D eigenvalue weighted by Gasteiger charge is 2.15. The third-order valence-corrected chi connectivity index (χ3v) is 3.18. The first-order valence-electron chi connectivity index (χ1n) is 7.41. The average Bonchev–Trinajstić information content (AvgIpc) is 2.85. The topological polar surface area (TPSA) is 51.5 Å². The van der Waals surface area contributed by atoms with Crippen molar-refractivity contribution in [1.82, 2.24) is 5.32 Å². The van der Waals surface area contributed by atoms with Crippen molar-refractivity contribution in [2.75, 3.05) is 13.2 Å². The highest BCUT2D eigenvalue weighted by atomic mass is 16.5. The lowest BCUT2D eigenvalue weighted by Crippen LogP contribution is -2.27. The highest BCUT2D eigenvalue weighted by Crippen LogP contribution is 2.25. The third kappa shape index (κ3) is 4.08. The van der Waals surface area contributed by atoms with Gasteiger partial charge in [0.2, 0.25) is 5.78 Å². The zero-order valence-electron chi connectivity index (χ0n) is 13.1. The lowest BCUT2D eigenvalue weighted by molar-refractivity contribution is 0.0913. The minimum atomic E-state index is -0.0663. The van der Waals surface area contributed by atoms with E-state index in [1.807, 2.05) is 32.0 Å². The maximum Gasteiger partial charge on any atom is 0.200 e. The number of fused-ring (bicyclic) bond motifs is 1. The van der Waals surface area contributed by atoms with Crippen molar-refractivity contribution < 1.29 is 13.9 Å². The van der Waals surface area contributed by atoms with E-state index in [1.54, 1.807) is 6.07 Å². The standard InChI is InChI=1S/C17H23NO3/c1-11(2)17(19)16-10-13-9-14(5-6-15(13)21-16)20-8-7-18-12(3)4/h5-6,9-12,18H,7-8H2,1-4H3. The molecule has 21 heavy (non-hydrogen) atoms. The Balaban J connectivity index is 2.05. The lowest BCUT2D eigenvalue weighted by atomic mass is 10.1. The number of carbonyl (C=O) groups excluding carboxylic acids is 1. The van der Waals surface area contributed by atoms with Crippen LogP contribution in [0.4, 0.5) is 0 Å². The first-order chi connectivity index (χ1) is 9.97. The Morgan fingerprint density at radius 1 is 1.24 bits per heavy atom. The Hall–Kier alpha value is -1.81. The molecule has 0 atom stereocenters. The molecule has 0 saturated carbocycles. The summed E-state index contributed by atoms with van der Waals surface area (Å²) in [5.74, 6) is 1.16. The molecule has 0 amide bonds. The van der Waals surface area contributed by atoms with Crippen molar-refractivity contribution >= 4 is 16.8 Å². The van der Waals surface area contributed by atoms with Gasteiger partial charge in [-0.15, -0.1) is 0 Å². The summed E-state index contributed by atoms with van der Waals surface area (Å²) in [5.41, 5.74) is 0.714. The summed E-state index contributed by atoms with van der Waals surface area (Å²) < 4.78 is 11.3. The van der Waals surface area contributed by atoms with Crippen LogP contribution in [0.5, 0.6) is 5.75 Å². The Kier molecular flexibility index (Phi) is 5.02. The zero-order valence-corrected chi connectivity index (χ0v) is 13.1. The van der Waals surface area contributed by atoms with Crippen molar-refractivity contribution in [1.29, 1.82) is 0 Å².